The molecule has 108 valence electrons. The van der Waals surface area contributed by atoms with Crippen molar-refractivity contribution in [3.63, 3.8) is 0 Å². The molecule has 4 nitrogen and oxygen atoms in total. The van der Waals surface area contributed by atoms with Crippen LogP contribution in [-0.4, -0.2) is 19.1 Å². The summed E-state index contributed by atoms with van der Waals surface area (Å²) in [5.41, 5.74) is 1.31. The minimum absolute atomic E-state index is 0.0214. The Morgan fingerprint density at radius 3 is 2.55 bits per heavy atom. The van der Waals surface area contributed by atoms with E-state index in [-0.39, 0.29) is 5.91 Å². The Labute approximate surface area is 120 Å². The maximum atomic E-state index is 11.7. The van der Waals surface area contributed by atoms with E-state index in [1.807, 2.05) is 6.07 Å². The van der Waals surface area contributed by atoms with Crippen molar-refractivity contribution in [2.24, 2.45) is 0 Å². The van der Waals surface area contributed by atoms with Gasteiger partial charge in [-0.1, -0.05) is 19.8 Å². The van der Waals surface area contributed by atoms with Gasteiger partial charge >= 0.3 is 0 Å². The maximum absolute atomic E-state index is 11.7. The van der Waals surface area contributed by atoms with Crippen molar-refractivity contribution < 1.29 is 9.53 Å². The number of anilines is 1. The summed E-state index contributed by atoms with van der Waals surface area (Å²) in [5, 5.41) is 11.5. The van der Waals surface area contributed by atoms with Crippen molar-refractivity contribution in [3.8, 4) is 6.07 Å². The zero-order valence-electron chi connectivity index (χ0n) is 12.0. The number of nitriles is 1. The van der Waals surface area contributed by atoms with Gasteiger partial charge in [0.05, 0.1) is 11.6 Å². The zero-order valence-corrected chi connectivity index (χ0v) is 12.0. The third kappa shape index (κ3) is 6.91. The molecule has 1 amide bonds. The Morgan fingerprint density at radius 1 is 1.20 bits per heavy atom. The highest BCUT2D eigenvalue weighted by molar-refractivity contribution is 5.90. The van der Waals surface area contributed by atoms with E-state index in [1.165, 1.54) is 12.8 Å². The van der Waals surface area contributed by atoms with Crippen LogP contribution in [0, 0.1) is 11.3 Å². The van der Waals surface area contributed by atoms with E-state index in [1.54, 1.807) is 24.3 Å². The molecule has 0 spiro atoms. The van der Waals surface area contributed by atoms with Crippen LogP contribution in [-0.2, 0) is 9.53 Å². The van der Waals surface area contributed by atoms with Crippen LogP contribution in [0.3, 0.4) is 0 Å². The highest BCUT2D eigenvalue weighted by Gasteiger charge is 2.02. The largest absolute Gasteiger partial charge is 0.381 e. The summed E-state index contributed by atoms with van der Waals surface area (Å²) >= 11 is 0. The van der Waals surface area contributed by atoms with Gasteiger partial charge in [0, 0.05) is 25.3 Å². The van der Waals surface area contributed by atoms with Crippen molar-refractivity contribution in [1.82, 2.24) is 0 Å². The monoisotopic (exact) mass is 274 g/mol. The van der Waals surface area contributed by atoms with Gasteiger partial charge in [-0.25, -0.2) is 0 Å². The highest BCUT2D eigenvalue weighted by Crippen LogP contribution is 2.09. The summed E-state index contributed by atoms with van der Waals surface area (Å²) in [5.74, 6) is -0.0214. The second kappa shape index (κ2) is 9.99. The van der Waals surface area contributed by atoms with E-state index in [2.05, 4.69) is 12.2 Å². The van der Waals surface area contributed by atoms with Crippen LogP contribution in [0.2, 0.25) is 0 Å². The number of rotatable bonds is 9. The fraction of sp³-hybridized carbons (Fsp3) is 0.500. The summed E-state index contributed by atoms with van der Waals surface area (Å²) < 4.78 is 5.45. The average molecular weight is 274 g/mol. The van der Waals surface area contributed by atoms with E-state index in [4.69, 9.17) is 10.00 Å². The average Bonchev–Trinajstić information content (AvgIpc) is 2.47. The first-order valence-corrected chi connectivity index (χ1v) is 7.14. The topological polar surface area (TPSA) is 62.1 Å². The summed E-state index contributed by atoms with van der Waals surface area (Å²) in [4.78, 5) is 11.7. The molecule has 1 aromatic rings. The first kappa shape index (κ1) is 16.2. The molecule has 1 aromatic carbocycles. The summed E-state index contributed by atoms with van der Waals surface area (Å²) in [6.07, 6.45) is 4.66. The Hall–Kier alpha value is -1.86. The van der Waals surface area contributed by atoms with Gasteiger partial charge in [0.2, 0.25) is 5.91 Å². The molecule has 0 fully saturated rings. The lowest BCUT2D eigenvalue weighted by atomic mass is 10.2. The first-order chi connectivity index (χ1) is 9.76. The first-order valence-electron chi connectivity index (χ1n) is 7.14. The summed E-state index contributed by atoms with van der Waals surface area (Å²) in [6, 6.07) is 8.88. The van der Waals surface area contributed by atoms with Crippen molar-refractivity contribution in [2.75, 3.05) is 18.5 Å². The Kier molecular flexibility index (Phi) is 8.09. The quantitative estimate of drug-likeness (QED) is 0.701. The van der Waals surface area contributed by atoms with E-state index >= 15 is 0 Å². The molecular weight excluding hydrogens is 252 g/mol. The van der Waals surface area contributed by atoms with Crippen molar-refractivity contribution in [2.45, 2.75) is 39.0 Å². The lowest BCUT2D eigenvalue weighted by Crippen LogP contribution is -2.12. The molecular formula is C16H22N2O2. The fourth-order valence-corrected chi connectivity index (χ4v) is 1.74. The molecule has 0 saturated heterocycles. The van der Waals surface area contributed by atoms with Crippen molar-refractivity contribution in [1.29, 1.82) is 5.26 Å². The second-order valence-electron chi connectivity index (χ2n) is 4.66. The molecule has 0 aliphatic carbocycles. The molecule has 0 aliphatic heterocycles. The van der Waals surface area contributed by atoms with E-state index in [9.17, 15) is 4.79 Å². The number of ether oxygens (including phenoxy) is 1. The molecule has 0 aromatic heterocycles. The second-order valence-corrected chi connectivity index (χ2v) is 4.66. The normalized spacial score (nSPS) is 10.0. The van der Waals surface area contributed by atoms with E-state index < -0.39 is 0 Å². The Balaban J connectivity index is 2.12. The fourth-order valence-electron chi connectivity index (χ4n) is 1.74. The number of nitrogens with one attached hydrogen (secondary N) is 1. The van der Waals surface area contributed by atoms with Gasteiger partial charge in [-0.2, -0.15) is 5.26 Å². The third-order valence-corrected chi connectivity index (χ3v) is 2.88. The predicted octanol–water partition coefficient (Wildman–Crippen LogP) is 3.48. The molecule has 0 aliphatic rings. The predicted molar refractivity (Wildman–Crippen MR) is 79.4 cm³/mol. The molecule has 20 heavy (non-hydrogen) atoms. The lowest BCUT2D eigenvalue weighted by molar-refractivity contribution is -0.116. The standard InChI is InChI=1S/C16H22N2O2/c1-2-3-4-11-20-12-5-6-16(19)18-15-9-7-14(13-17)8-10-15/h7-10H,2-6,11-12H2,1H3,(H,18,19). The van der Waals surface area contributed by atoms with Crippen molar-refractivity contribution in [3.05, 3.63) is 29.8 Å². The maximum Gasteiger partial charge on any atom is 0.224 e. The number of unbranched alkanes of at least 4 members (excludes halogenated alkanes) is 2. The van der Waals surface area contributed by atoms with E-state index in [0.717, 1.165) is 25.1 Å². The molecule has 0 radical (unpaired) electrons. The van der Waals surface area contributed by atoms with Crippen LogP contribution < -0.4 is 5.32 Å². The number of nitrogens with zero attached hydrogens (tertiary/aromatic N) is 1. The van der Waals surface area contributed by atoms with E-state index in [0.29, 0.717) is 18.6 Å². The molecule has 4 heteroatoms. The van der Waals surface area contributed by atoms with Crippen LogP contribution in [0.25, 0.3) is 0 Å². The van der Waals surface area contributed by atoms with Gasteiger partial charge < -0.3 is 10.1 Å². The molecule has 1 rings (SSSR count). The van der Waals surface area contributed by atoms with Crippen LogP contribution in [0.4, 0.5) is 5.69 Å². The summed E-state index contributed by atoms with van der Waals surface area (Å²) in [6.45, 7) is 3.57. The van der Waals surface area contributed by atoms with Gasteiger partial charge in [0.1, 0.15) is 0 Å². The smallest absolute Gasteiger partial charge is 0.224 e. The number of carbonyl (C=O) groups is 1. The van der Waals surface area contributed by atoms with Gasteiger partial charge in [0.25, 0.3) is 0 Å². The number of hydrogen-bond acceptors (Lipinski definition) is 3. The lowest BCUT2D eigenvalue weighted by Gasteiger charge is -2.06. The van der Waals surface area contributed by atoms with Gasteiger partial charge in [0.15, 0.2) is 0 Å². The molecule has 1 N–H and O–H groups in total. The zero-order chi connectivity index (χ0) is 14.6. The minimum atomic E-state index is -0.0214. The van der Waals surface area contributed by atoms with Gasteiger partial charge in [-0.15, -0.1) is 0 Å². The third-order valence-electron chi connectivity index (χ3n) is 2.88. The van der Waals surface area contributed by atoms with Crippen molar-refractivity contribution >= 4 is 11.6 Å². The van der Waals surface area contributed by atoms with Crippen LogP contribution in [0.1, 0.15) is 44.6 Å². The molecule has 0 bridgehead atoms. The molecule has 0 saturated carbocycles. The molecule has 0 unspecified atom stereocenters. The SMILES string of the molecule is CCCCCOCCCC(=O)Nc1ccc(C#N)cc1. The van der Waals surface area contributed by atoms with Crippen LogP contribution in [0.5, 0.6) is 0 Å². The number of carbonyl (C=O) groups excluding carboxylic acids is 1. The minimum Gasteiger partial charge on any atom is -0.381 e. The number of hydrogen-bond donors (Lipinski definition) is 1. The van der Waals surface area contributed by atoms with Gasteiger partial charge in [-0.05, 0) is 37.1 Å². The van der Waals surface area contributed by atoms with Gasteiger partial charge in [-0.3, -0.25) is 4.79 Å². The number of benzene rings is 1. The summed E-state index contributed by atoms with van der Waals surface area (Å²) in [7, 11) is 0. The molecule has 0 heterocycles. The Morgan fingerprint density at radius 2 is 1.90 bits per heavy atom. The van der Waals surface area contributed by atoms with Crippen LogP contribution >= 0.6 is 0 Å². The van der Waals surface area contributed by atoms with Crippen LogP contribution in [0.15, 0.2) is 24.3 Å². The molecule has 0 atom stereocenters. The highest BCUT2D eigenvalue weighted by atomic mass is 16.5. The number of amides is 1. The Bertz CT molecular complexity index is 435.